The standard InChI is InChI=1S/C9H10BrF2N3O2/c1-5-7(10)8(15(16)17)13-14(5)4-6-2-9(11,12)3-6/h6H,2-4H2,1H3. The van der Waals surface area contributed by atoms with Crippen LogP contribution < -0.4 is 0 Å². The molecule has 2 rings (SSSR count). The lowest BCUT2D eigenvalue weighted by Crippen LogP contribution is -2.38. The predicted octanol–water partition coefficient (Wildman–Crippen LogP) is 2.91. The summed E-state index contributed by atoms with van der Waals surface area (Å²) in [7, 11) is 0. The second-order valence-electron chi connectivity index (χ2n) is 4.29. The molecule has 8 heteroatoms. The monoisotopic (exact) mass is 309 g/mol. The highest BCUT2D eigenvalue weighted by atomic mass is 79.9. The number of aromatic nitrogens is 2. The molecule has 0 bridgehead atoms. The van der Waals surface area contributed by atoms with Gasteiger partial charge in [-0.2, -0.15) is 4.68 Å². The third kappa shape index (κ3) is 2.31. The Balaban J connectivity index is 2.12. The number of nitrogens with zero attached hydrogens (tertiary/aromatic N) is 3. The van der Waals surface area contributed by atoms with Gasteiger partial charge >= 0.3 is 5.82 Å². The SMILES string of the molecule is Cc1c(Br)c([N+](=O)[O-])nn1CC1CC(F)(F)C1. The summed E-state index contributed by atoms with van der Waals surface area (Å²) in [6.07, 6.45) is -0.338. The summed E-state index contributed by atoms with van der Waals surface area (Å²) in [5, 5.41) is 14.4. The van der Waals surface area contributed by atoms with Crippen LogP contribution in [0.4, 0.5) is 14.6 Å². The van der Waals surface area contributed by atoms with Gasteiger partial charge in [0.05, 0.1) is 17.3 Å². The van der Waals surface area contributed by atoms with E-state index in [1.54, 1.807) is 6.92 Å². The lowest BCUT2D eigenvalue weighted by Gasteiger charge is -2.34. The third-order valence-electron chi connectivity index (χ3n) is 2.90. The summed E-state index contributed by atoms with van der Waals surface area (Å²) >= 11 is 3.08. The zero-order valence-electron chi connectivity index (χ0n) is 8.99. The molecule has 1 fully saturated rings. The number of halogens is 3. The molecule has 0 aromatic carbocycles. The fourth-order valence-corrected chi connectivity index (χ4v) is 2.39. The van der Waals surface area contributed by atoms with Crippen molar-refractivity contribution in [2.45, 2.75) is 32.2 Å². The molecule has 94 valence electrons. The normalized spacial score (nSPS) is 19.1. The molecule has 0 spiro atoms. The van der Waals surface area contributed by atoms with Crippen molar-refractivity contribution in [2.75, 3.05) is 0 Å². The highest BCUT2D eigenvalue weighted by molar-refractivity contribution is 9.10. The molecular weight excluding hydrogens is 300 g/mol. The quantitative estimate of drug-likeness (QED) is 0.637. The number of hydrogen-bond donors (Lipinski definition) is 0. The topological polar surface area (TPSA) is 61.0 Å². The maximum Gasteiger partial charge on any atom is 0.404 e. The smallest absolute Gasteiger partial charge is 0.358 e. The van der Waals surface area contributed by atoms with E-state index in [-0.39, 0.29) is 24.6 Å². The maximum absolute atomic E-state index is 12.7. The van der Waals surface area contributed by atoms with Gasteiger partial charge in [-0.15, -0.1) is 0 Å². The second kappa shape index (κ2) is 4.01. The van der Waals surface area contributed by atoms with Crippen LogP contribution in [0.5, 0.6) is 0 Å². The first-order valence-electron chi connectivity index (χ1n) is 5.05. The van der Waals surface area contributed by atoms with Crippen LogP contribution in [0.2, 0.25) is 0 Å². The van der Waals surface area contributed by atoms with Gasteiger partial charge in [0, 0.05) is 12.8 Å². The molecule has 0 atom stereocenters. The Morgan fingerprint density at radius 1 is 1.65 bits per heavy atom. The number of nitro groups is 1. The van der Waals surface area contributed by atoms with Crippen LogP contribution in [-0.2, 0) is 6.54 Å². The number of hydrogen-bond acceptors (Lipinski definition) is 3. The minimum Gasteiger partial charge on any atom is -0.358 e. The first-order chi connectivity index (χ1) is 7.80. The molecule has 1 aromatic heterocycles. The van der Waals surface area contributed by atoms with Gasteiger partial charge in [0.15, 0.2) is 0 Å². The van der Waals surface area contributed by atoms with E-state index < -0.39 is 10.8 Å². The number of alkyl halides is 2. The van der Waals surface area contributed by atoms with Crippen molar-refractivity contribution in [2.24, 2.45) is 5.92 Å². The first-order valence-corrected chi connectivity index (χ1v) is 5.84. The molecule has 0 saturated heterocycles. The largest absolute Gasteiger partial charge is 0.404 e. The van der Waals surface area contributed by atoms with Crippen molar-refractivity contribution < 1.29 is 13.7 Å². The number of rotatable bonds is 3. The maximum atomic E-state index is 12.7. The molecular formula is C9H10BrF2N3O2. The van der Waals surface area contributed by atoms with E-state index in [2.05, 4.69) is 21.0 Å². The van der Waals surface area contributed by atoms with Crippen LogP contribution >= 0.6 is 15.9 Å². The average Bonchev–Trinajstić information content (AvgIpc) is 2.43. The van der Waals surface area contributed by atoms with E-state index in [0.717, 1.165) is 0 Å². The highest BCUT2D eigenvalue weighted by Gasteiger charge is 2.46. The third-order valence-corrected chi connectivity index (χ3v) is 3.82. The van der Waals surface area contributed by atoms with Crippen molar-refractivity contribution in [1.82, 2.24) is 9.78 Å². The van der Waals surface area contributed by atoms with E-state index in [1.807, 2.05) is 0 Å². The molecule has 0 radical (unpaired) electrons. The van der Waals surface area contributed by atoms with Crippen LogP contribution in [0.3, 0.4) is 0 Å². The van der Waals surface area contributed by atoms with Crippen molar-refractivity contribution in [3.8, 4) is 0 Å². The molecule has 1 aliphatic carbocycles. The van der Waals surface area contributed by atoms with E-state index in [1.165, 1.54) is 4.68 Å². The summed E-state index contributed by atoms with van der Waals surface area (Å²) < 4.78 is 27.0. The van der Waals surface area contributed by atoms with Gasteiger partial charge in [-0.1, -0.05) is 0 Å². The van der Waals surface area contributed by atoms with Gasteiger partial charge in [-0.25, -0.2) is 8.78 Å². The van der Waals surface area contributed by atoms with E-state index in [9.17, 15) is 18.9 Å². The molecule has 5 nitrogen and oxygen atoms in total. The molecule has 17 heavy (non-hydrogen) atoms. The summed E-state index contributed by atoms with van der Waals surface area (Å²) in [6, 6.07) is 0. The summed E-state index contributed by atoms with van der Waals surface area (Å²) in [6.45, 7) is 1.97. The van der Waals surface area contributed by atoms with Crippen LogP contribution in [0.15, 0.2) is 4.47 Å². The Kier molecular flexibility index (Phi) is 2.92. The highest BCUT2D eigenvalue weighted by Crippen LogP contribution is 2.43. The van der Waals surface area contributed by atoms with Gasteiger partial charge in [0.1, 0.15) is 4.47 Å². The predicted molar refractivity (Wildman–Crippen MR) is 59.0 cm³/mol. The van der Waals surface area contributed by atoms with Crippen molar-refractivity contribution in [3.05, 3.63) is 20.3 Å². The van der Waals surface area contributed by atoms with E-state index >= 15 is 0 Å². The Morgan fingerprint density at radius 2 is 2.24 bits per heavy atom. The molecule has 1 aromatic rings. The van der Waals surface area contributed by atoms with Crippen molar-refractivity contribution in [3.63, 3.8) is 0 Å². The Labute approximate surface area is 104 Å². The van der Waals surface area contributed by atoms with Gasteiger partial charge in [0.25, 0.3) is 0 Å². The molecule has 0 unspecified atom stereocenters. The zero-order chi connectivity index (χ0) is 12.8. The molecule has 0 aliphatic heterocycles. The fraction of sp³-hybridized carbons (Fsp3) is 0.667. The van der Waals surface area contributed by atoms with Gasteiger partial charge in [0.2, 0.25) is 5.92 Å². The Bertz CT molecular complexity index is 467. The first kappa shape index (κ1) is 12.4. The minimum absolute atomic E-state index is 0.157. The molecule has 1 saturated carbocycles. The van der Waals surface area contributed by atoms with Crippen molar-refractivity contribution >= 4 is 21.7 Å². The van der Waals surface area contributed by atoms with Crippen molar-refractivity contribution in [1.29, 1.82) is 0 Å². The Morgan fingerprint density at radius 3 is 2.65 bits per heavy atom. The lowest BCUT2D eigenvalue weighted by atomic mass is 9.81. The Hall–Kier alpha value is -1.05. The van der Waals surface area contributed by atoms with Gasteiger partial charge < -0.3 is 10.1 Å². The average molecular weight is 310 g/mol. The van der Waals surface area contributed by atoms with E-state index in [4.69, 9.17) is 0 Å². The van der Waals surface area contributed by atoms with Gasteiger partial charge in [-0.05, 0) is 33.7 Å². The molecule has 0 N–H and O–H groups in total. The summed E-state index contributed by atoms with van der Waals surface area (Å²) in [4.78, 5) is 10.0. The van der Waals surface area contributed by atoms with Crippen LogP contribution in [0, 0.1) is 23.0 Å². The minimum atomic E-state index is -2.57. The molecule has 0 amide bonds. The van der Waals surface area contributed by atoms with Crippen LogP contribution in [0.1, 0.15) is 18.5 Å². The van der Waals surface area contributed by atoms with Crippen LogP contribution in [-0.4, -0.2) is 20.6 Å². The lowest BCUT2D eigenvalue weighted by molar-refractivity contribution is -0.390. The molecule has 1 aliphatic rings. The fourth-order valence-electron chi connectivity index (χ4n) is 1.96. The summed E-state index contributed by atoms with van der Waals surface area (Å²) in [5.41, 5.74) is 0.590. The van der Waals surface area contributed by atoms with Crippen LogP contribution in [0.25, 0.3) is 0 Å². The van der Waals surface area contributed by atoms with Gasteiger partial charge in [-0.3, -0.25) is 0 Å². The second-order valence-corrected chi connectivity index (χ2v) is 5.09. The summed E-state index contributed by atoms with van der Waals surface area (Å²) in [5.74, 6) is -3.00. The van der Waals surface area contributed by atoms with E-state index in [0.29, 0.717) is 16.7 Å². The zero-order valence-corrected chi connectivity index (χ0v) is 10.6. The molecule has 1 heterocycles.